The summed E-state index contributed by atoms with van der Waals surface area (Å²) in [6.07, 6.45) is 8.39. The van der Waals surface area contributed by atoms with Crippen LogP contribution in [0.4, 0.5) is 0 Å². The molecule has 0 aliphatic heterocycles. The summed E-state index contributed by atoms with van der Waals surface area (Å²) in [5.41, 5.74) is 0. The van der Waals surface area contributed by atoms with Crippen molar-refractivity contribution in [3.63, 3.8) is 0 Å². The van der Waals surface area contributed by atoms with Crippen LogP contribution >= 0.6 is 0 Å². The Labute approximate surface area is 60.9 Å². The summed E-state index contributed by atoms with van der Waals surface area (Å²) in [6.45, 7) is 0. The second-order valence-corrected chi connectivity index (χ2v) is 1.96. The molecule has 0 aromatic rings. The van der Waals surface area contributed by atoms with Gasteiger partial charge in [-0.1, -0.05) is 12.2 Å². The summed E-state index contributed by atoms with van der Waals surface area (Å²) >= 11 is 0. The van der Waals surface area contributed by atoms with Crippen LogP contribution in [0.5, 0.6) is 0 Å². The van der Waals surface area contributed by atoms with Gasteiger partial charge < -0.3 is 9.59 Å². The molecule has 2 nitrogen and oxygen atoms in total. The predicted octanol–water partition coefficient (Wildman–Crippen LogP) is 1.50. The highest BCUT2D eigenvalue weighted by atomic mass is 16.1. The zero-order valence-corrected chi connectivity index (χ0v) is 5.95. The van der Waals surface area contributed by atoms with Crippen molar-refractivity contribution in [3.8, 4) is 0 Å². The van der Waals surface area contributed by atoms with Crippen LogP contribution in [0, 0.1) is 0 Å². The lowest BCUT2D eigenvalue weighted by molar-refractivity contribution is -0.108. The predicted molar refractivity (Wildman–Crippen MR) is 39.7 cm³/mol. The van der Waals surface area contributed by atoms with E-state index < -0.39 is 0 Å². The van der Waals surface area contributed by atoms with Crippen molar-refractivity contribution < 1.29 is 9.59 Å². The quantitative estimate of drug-likeness (QED) is 0.318. The van der Waals surface area contributed by atoms with Crippen LogP contribution in [0.1, 0.15) is 25.7 Å². The molecule has 0 bridgehead atoms. The standard InChI is InChI=1S/C8H12O2/c9-7-5-3-1-2-4-6-8-10/h1-2,7-8H,3-6H2/b2-1-. The lowest BCUT2D eigenvalue weighted by atomic mass is 10.2. The number of hydrogen-bond acceptors (Lipinski definition) is 2. The lowest BCUT2D eigenvalue weighted by Gasteiger charge is -1.82. The average Bonchev–Trinajstić information content (AvgIpc) is 1.97. The molecule has 0 saturated heterocycles. The van der Waals surface area contributed by atoms with Gasteiger partial charge in [-0.15, -0.1) is 0 Å². The number of rotatable bonds is 6. The molecule has 2 heteroatoms. The van der Waals surface area contributed by atoms with E-state index >= 15 is 0 Å². The summed E-state index contributed by atoms with van der Waals surface area (Å²) < 4.78 is 0. The Morgan fingerprint density at radius 2 is 1.10 bits per heavy atom. The minimum absolute atomic E-state index is 0.581. The molecule has 0 aromatic carbocycles. The molecule has 0 rings (SSSR count). The molecule has 0 aliphatic rings. The Balaban J connectivity index is 3.03. The van der Waals surface area contributed by atoms with Crippen molar-refractivity contribution in [2.75, 3.05) is 0 Å². The van der Waals surface area contributed by atoms with Crippen LogP contribution in [-0.2, 0) is 9.59 Å². The van der Waals surface area contributed by atoms with Gasteiger partial charge in [-0.25, -0.2) is 0 Å². The van der Waals surface area contributed by atoms with Gasteiger partial charge in [0, 0.05) is 12.8 Å². The average molecular weight is 140 g/mol. The summed E-state index contributed by atoms with van der Waals surface area (Å²) in [5, 5.41) is 0. The van der Waals surface area contributed by atoms with Gasteiger partial charge in [0.1, 0.15) is 12.6 Å². The van der Waals surface area contributed by atoms with Gasteiger partial charge in [0.05, 0.1) is 0 Å². The molecule has 10 heavy (non-hydrogen) atoms. The summed E-state index contributed by atoms with van der Waals surface area (Å²) in [6, 6.07) is 0. The number of carbonyl (C=O) groups excluding carboxylic acids is 2. The Hall–Kier alpha value is -0.920. The van der Waals surface area contributed by atoms with Crippen LogP contribution in [-0.4, -0.2) is 12.6 Å². The summed E-state index contributed by atoms with van der Waals surface area (Å²) in [4.78, 5) is 19.6. The van der Waals surface area contributed by atoms with Crippen LogP contribution in [0.25, 0.3) is 0 Å². The highest BCUT2D eigenvalue weighted by Gasteiger charge is 1.78. The van der Waals surface area contributed by atoms with Gasteiger partial charge >= 0.3 is 0 Å². The topological polar surface area (TPSA) is 34.1 Å². The molecule has 0 radical (unpaired) electrons. The molecule has 0 amide bonds. The maximum Gasteiger partial charge on any atom is 0.120 e. The summed E-state index contributed by atoms with van der Waals surface area (Å²) in [7, 11) is 0. The minimum Gasteiger partial charge on any atom is -0.303 e. The number of carbonyl (C=O) groups is 2. The highest BCUT2D eigenvalue weighted by molar-refractivity contribution is 5.50. The molecule has 0 spiro atoms. The first-order valence-corrected chi connectivity index (χ1v) is 3.44. The fourth-order valence-corrected chi connectivity index (χ4v) is 0.564. The van der Waals surface area contributed by atoms with E-state index in [9.17, 15) is 9.59 Å². The Bertz CT molecular complexity index is 102. The maximum atomic E-state index is 9.80. The Kier molecular flexibility index (Phi) is 7.34. The number of aldehydes is 2. The molecule has 0 heterocycles. The van der Waals surface area contributed by atoms with Crippen molar-refractivity contribution in [3.05, 3.63) is 12.2 Å². The van der Waals surface area contributed by atoms with Gasteiger partial charge in [-0.3, -0.25) is 0 Å². The van der Waals surface area contributed by atoms with Gasteiger partial charge in [-0.2, -0.15) is 0 Å². The third kappa shape index (κ3) is 7.08. The number of unbranched alkanes of at least 4 members (excludes halogenated alkanes) is 2. The van der Waals surface area contributed by atoms with Crippen LogP contribution in [0.2, 0.25) is 0 Å². The van der Waals surface area contributed by atoms with E-state index in [1.807, 2.05) is 12.2 Å². The van der Waals surface area contributed by atoms with Gasteiger partial charge in [-0.05, 0) is 12.8 Å². The largest absolute Gasteiger partial charge is 0.303 e. The highest BCUT2D eigenvalue weighted by Crippen LogP contribution is 1.91. The lowest BCUT2D eigenvalue weighted by Crippen LogP contribution is -1.72. The zero-order chi connectivity index (χ0) is 7.66. The van der Waals surface area contributed by atoms with E-state index in [2.05, 4.69) is 0 Å². The zero-order valence-electron chi connectivity index (χ0n) is 5.95. The molecular formula is C8H12O2. The van der Waals surface area contributed by atoms with E-state index in [4.69, 9.17) is 0 Å². The van der Waals surface area contributed by atoms with E-state index in [1.165, 1.54) is 0 Å². The van der Waals surface area contributed by atoms with E-state index in [1.54, 1.807) is 0 Å². The van der Waals surface area contributed by atoms with Crippen molar-refractivity contribution in [1.29, 1.82) is 0 Å². The normalized spacial score (nSPS) is 10.0. The molecule has 56 valence electrons. The number of hydrogen-bond donors (Lipinski definition) is 0. The molecule has 0 N–H and O–H groups in total. The molecule has 0 aliphatic carbocycles. The molecule has 0 atom stereocenters. The fraction of sp³-hybridized carbons (Fsp3) is 0.500. The summed E-state index contributed by atoms with van der Waals surface area (Å²) in [5.74, 6) is 0. The smallest absolute Gasteiger partial charge is 0.120 e. The monoisotopic (exact) mass is 140 g/mol. The fourth-order valence-electron chi connectivity index (χ4n) is 0.564. The van der Waals surface area contributed by atoms with E-state index in [0.717, 1.165) is 25.4 Å². The minimum atomic E-state index is 0.581. The molecule has 0 saturated carbocycles. The van der Waals surface area contributed by atoms with E-state index in [-0.39, 0.29) is 0 Å². The third-order valence-electron chi connectivity index (χ3n) is 1.07. The van der Waals surface area contributed by atoms with Crippen molar-refractivity contribution in [2.24, 2.45) is 0 Å². The first-order chi connectivity index (χ1) is 4.91. The van der Waals surface area contributed by atoms with E-state index in [0.29, 0.717) is 12.8 Å². The van der Waals surface area contributed by atoms with Crippen molar-refractivity contribution >= 4 is 12.6 Å². The third-order valence-corrected chi connectivity index (χ3v) is 1.07. The molecular weight excluding hydrogens is 128 g/mol. The first-order valence-electron chi connectivity index (χ1n) is 3.44. The second-order valence-electron chi connectivity index (χ2n) is 1.96. The van der Waals surface area contributed by atoms with Gasteiger partial charge in [0.2, 0.25) is 0 Å². The second kappa shape index (κ2) is 8.08. The molecule has 0 aromatic heterocycles. The Morgan fingerprint density at radius 3 is 1.40 bits per heavy atom. The van der Waals surface area contributed by atoms with Crippen molar-refractivity contribution in [2.45, 2.75) is 25.7 Å². The van der Waals surface area contributed by atoms with Crippen LogP contribution < -0.4 is 0 Å². The number of allylic oxidation sites excluding steroid dienone is 2. The van der Waals surface area contributed by atoms with Crippen LogP contribution in [0.3, 0.4) is 0 Å². The Morgan fingerprint density at radius 1 is 0.700 bits per heavy atom. The first kappa shape index (κ1) is 9.08. The van der Waals surface area contributed by atoms with Crippen LogP contribution in [0.15, 0.2) is 12.2 Å². The molecule has 0 fully saturated rings. The SMILES string of the molecule is O=CCC/C=C\CCC=O. The van der Waals surface area contributed by atoms with Gasteiger partial charge in [0.15, 0.2) is 0 Å². The maximum absolute atomic E-state index is 9.80. The molecule has 0 unspecified atom stereocenters. The van der Waals surface area contributed by atoms with Crippen molar-refractivity contribution in [1.82, 2.24) is 0 Å². The van der Waals surface area contributed by atoms with Gasteiger partial charge in [0.25, 0.3) is 0 Å².